The Morgan fingerprint density at radius 3 is 2.73 bits per heavy atom. The number of rotatable bonds is 0. The molecule has 0 spiro atoms. The van der Waals surface area contributed by atoms with Gasteiger partial charge in [0.15, 0.2) is 0 Å². The summed E-state index contributed by atoms with van der Waals surface area (Å²) in [6, 6.07) is 3.61. The second-order valence-corrected chi connectivity index (χ2v) is 5.42. The molecular weight excluding hydrogens is 240 g/mol. The van der Waals surface area contributed by atoms with Crippen LogP contribution in [-0.2, 0) is 10.0 Å². The van der Waals surface area contributed by atoms with Gasteiger partial charge in [-0.05, 0) is 18.2 Å². The van der Waals surface area contributed by atoms with Gasteiger partial charge in [0, 0.05) is 12.1 Å². The molecule has 0 aromatic heterocycles. The summed E-state index contributed by atoms with van der Waals surface area (Å²) in [6.07, 6.45) is 0. The molecule has 5 nitrogen and oxygen atoms in total. The largest absolute Gasteiger partial charge is 0.335 e. The van der Waals surface area contributed by atoms with E-state index >= 15 is 0 Å². The van der Waals surface area contributed by atoms with Gasteiger partial charge in [0.1, 0.15) is 4.90 Å². The van der Waals surface area contributed by atoms with Crippen molar-refractivity contribution in [3.05, 3.63) is 23.2 Å². The maximum atomic E-state index is 11.8. The minimum absolute atomic E-state index is 0.0112. The van der Waals surface area contributed by atoms with Crippen molar-refractivity contribution in [3.63, 3.8) is 0 Å². The average molecular weight is 247 g/mol. The summed E-state index contributed by atoms with van der Waals surface area (Å²) in [4.78, 5) is 11.3. The molecule has 0 fully saturated rings. The van der Waals surface area contributed by atoms with Crippen LogP contribution >= 0.6 is 11.6 Å². The maximum Gasteiger partial charge on any atom is 0.335 e. The standard InChI is InChI=1S/C8H7ClN2O3S/c1-11-8(12)10-6-3-2-5(9)4-7(6)15(11,13)14/h2-4H,1H3,(H,10,12). The molecule has 2 rings (SSSR count). The van der Waals surface area contributed by atoms with E-state index < -0.39 is 16.1 Å². The van der Waals surface area contributed by atoms with Gasteiger partial charge in [-0.2, -0.15) is 0 Å². The number of carbonyl (C=O) groups is 1. The molecule has 1 N–H and O–H groups in total. The summed E-state index contributed by atoms with van der Waals surface area (Å²) in [6.45, 7) is 0. The van der Waals surface area contributed by atoms with Gasteiger partial charge >= 0.3 is 6.03 Å². The fraction of sp³-hybridized carbons (Fsp3) is 0.125. The number of halogens is 1. The lowest BCUT2D eigenvalue weighted by Gasteiger charge is -2.25. The van der Waals surface area contributed by atoms with E-state index in [2.05, 4.69) is 5.32 Å². The van der Waals surface area contributed by atoms with Crippen LogP contribution in [0.2, 0.25) is 5.02 Å². The van der Waals surface area contributed by atoms with Gasteiger partial charge in [-0.3, -0.25) is 0 Å². The summed E-state index contributed by atoms with van der Waals surface area (Å²) in [5.41, 5.74) is 0.252. The van der Waals surface area contributed by atoms with Gasteiger partial charge in [-0.15, -0.1) is 0 Å². The average Bonchev–Trinajstić information content (AvgIpc) is 2.17. The highest BCUT2D eigenvalue weighted by atomic mass is 35.5. The lowest BCUT2D eigenvalue weighted by molar-refractivity contribution is 0.240. The highest BCUT2D eigenvalue weighted by molar-refractivity contribution is 7.90. The van der Waals surface area contributed by atoms with Crippen molar-refractivity contribution in [1.29, 1.82) is 0 Å². The van der Waals surface area contributed by atoms with E-state index in [4.69, 9.17) is 11.6 Å². The Morgan fingerprint density at radius 1 is 1.40 bits per heavy atom. The third-order valence-electron chi connectivity index (χ3n) is 2.11. The Balaban J connectivity index is 2.73. The first-order valence-electron chi connectivity index (χ1n) is 4.02. The van der Waals surface area contributed by atoms with Crippen LogP contribution in [0.1, 0.15) is 0 Å². The number of fused-ring (bicyclic) bond motifs is 1. The number of anilines is 1. The molecule has 0 saturated heterocycles. The number of hydrogen-bond donors (Lipinski definition) is 1. The zero-order valence-corrected chi connectivity index (χ0v) is 9.26. The van der Waals surface area contributed by atoms with E-state index in [1.54, 1.807) is 0 Å². The van der Waals surface area contributed by atoms with E-state index in [1.165, 1.54) is 25.2 Å². The number of urea groups is 1. The SMILES string of the molecule is CN1C(=O)Nc2ccc(Cl)cc2S1(=O)=O. The van der Waals surface area contributed by atoms with Crippen LogP contribution < -0.4 is 5.32 Å². The molecule has 1 heterocycles. The maximum absolute atomic E-state index is 11.8. The molecule has 1 aliphatic rings. The molecule has 0 aliphatic carbocycles. The topological polar surface area (TPSA) is 66.5 Å². The first-order valence-corrected chi connectivity index (χ1v) is 5.84. The van der Waals surface area contributed by atoms with E-state index in [9.17, 15) is 13.2 Å². The van der Waals surface area contributed by atoms with Crippen molar-refractivity contribution in [1.82, 2.24) is 4.31 Å². The van der Waals surface area contributed by atoms with Crippen molar-refractivity contribution in [2.45, 2.75) is 4.90 Å². The molecule has 0 radical (unpaired) electrons. The van der Waals surface area contributed by atoms with Gasteiger partial charge in [0.2, 0.25) is 0 Å². The molecule has 2 amide bonds. The summed E-state index contributed by atoms with van der Waals surface area (Å²) < 4.78 is 24.2. The van der Waals surface area contributed by atoms with Crippen molar-refractivity contribution in [2.24, 2.45) is 0 Å². The Bertz CT molecular complexity index is 541. The number of carbonyl (C=O) groups excluding carboxylic acids is 1. The van der Waals surface area contributed by atoms with Crippen LogP contribution in [0.5, 0.6) is 0 Å². The summed E-state index contributed by atoms with van der Waals surface area (Å²) in [7, 11) is -2.57. The zero-order valence-electron chi connectivity index (χ0n) is 7.69. The third kappa shape index (κ3) is 1.46. The minimum Gasteiger partial charge on any atom is -0.306 e. The van der Waals surface area contributed by atoms with Crippen LogP contribution in [0.4, 0.5) is 10.5 Å². The molecule has 1 aromatic rings. The Hall–Kier alpha value is -1.27. The Morgan fingerprint density at radius 2 is 2.07 bits per heavy atom. The molecular formula is C8H7ClN2O3S. The molecule has 0 saturated carbocycles. The number of nitrogens with one attached hydrogen (secondary N) is 1. The first kappa shape index (κ1) is 10.3. The van der Waals surface area contributed by atoms with E-state index in [-0.39, 0.29) is 10.6 Å². The smallest absolute Gasteiger partial charge is 0.306 e. The third-order valence-corrected chi connectivity index (χ3v) is 4.13. The van der Waals surface area contributed by atoms with Gasteiger partial charge in [-0.1, -0.05) is 11.6 Å². The van der Waals surface area contributed by atoms with Crippen LogP contribution in [0, 0.1) is 0 Å². The predicted molar refractivity (Wildman–Crippen MR) is 55.4 cm³/mol. The summed E-state index contributed by atoms with van der Waals surface area (Å²) >= 11 is 5.69. The lowest BCUT2D eigenvalue weighted by Crippen LogP contribution is -2.40. The van der Waals surface area contributed by atoms with Gasteiger partial charge < -0.3 is 5.32 Å². The van der Waals surface area contributed by atoms with Crippen LogP contribution in [0.15, 0.2) is 23.1 Å². The number of nitrogens with zero attached hydrogens (tertiary/aromatic N) is 1. The van der Waals surface area contributed by atoms with E-state index in [1.807, 2.05) is 0 Å². The summed E-state index contributed by atoms with van der Waals surface area (Å²) in [5.74, 6) is 0. The minimum atomic E-state index is -3.76. The highest BCUT2D eigenvalue weighted by Crippen LogP contribution is 2.31. The molecule has 1 aliphatic heterocycles. The second kappa shape index (κ2) is 3.11. The summed E-state index contributed by atoms with van der Waals surface area (Å²) in [5, 5.41) is 2.75. The van der Waals surface area contributed by atoms with E-state index in [0.29, 0.717) is 9.33 Å². The van der Waals surface area contributed by atoms with Crippen LogP contribution in [-0.4, -0.2) is 25.8 Å². The quantitative estimate of drug-likeness (QED) is 0.755. The fourth-order valence-corrected chi connectivity index (χ4v) is 2.73. The first-order chi connectivity index (χ1) is 6.93. The fourth-order valence-electron chi connectivity index (χ4n) is 1.26. The van der Waals surface area contributed by atoms with Crippen molar-refractivity contribution < 1.29 is 13.2 Å². The molecule has 80 valence electrons. The lowest BCUT2D eigenvalue weighted by atomic mass is 10.3. The monoisotopic (exact) mass is 246 g/mol. The molecule has 0 unspecified atom stereocenters. The van der Waals surface area contributed by atoms with E-state index in [0.717, 1.165) is 0 Å². The predicted octanol–water partition coefficient (Wildman–Crippen LogP) is 1.51. The van der Waals surface area contributed by atoms with Gasteiger partial charge in [0.05, 0.1) is 5.69 Å². The number of hydrogen-bond acceptors (Lipinski definition) is 3. The van der Waals surface area contributed by atoms with Crippen molar-refractivity contribution in [3.8, 4) is 0 Å². The highest BCUT2D eigenvalue weighted by Gasteiger charge is 2.33. The Labute approximate surface area is 91.7 Å². The molecule has 1 aromatic carbocycles. The molecule has 0 bridgehead atoms. The number of sulfonamides is 1. The zero-order chi connectivity index (χ0) is 11.2. The molecule has 7 heteroatoms. The molecule has 0 atom stereocenters. The van der Waals surface area contributed by atoms with Crippen molar-refractivity contribution in [2.75, 3.05) is 12.4 Å². The van der Waals surface area contributed by atoms with Crippen LogP contribution in [0.25, 0.3) is 0 Å². The normalized spacial score (nSPS) is 18.3. The van der Waals surface area contributed by atoms with Gasteiger partial charge in [-0.25, -0.2) is 17.5 Å². The number of benzene rings is 1. The van der Waals surface area contributed by atoms with Gasteiger partial charge in [0.25, 0.3) is 10.0 Å². The number of amides is 2. The molecule has 15 heavy (non-hydrogen) atoms. The Kier molecular flexibility index (Phi) is 2.13. The van der Waals surface area contributed by atoms with Crippen molar-refractivity contribution >= 4 is 33.3 Å². The van der Waals surface area contributed by atoms with Crippen LogP contribution in [0.3, 0.4) is 0 Å². The second-order valence-electron chi connectivity index (χ2n) is 3.04.